The summed E-state index contributed by atoms with van der Waals surface area (Å²) in [6.07, 6.45) is 0.789. The number of hydrogen-bond acceptors (Lipinski definition) is 7. The van der Waals surface area contributed by atoms with Gasteiger partial charge in [0.25, 0.3) is 5.56 Å². The first-order chi connectivity index (χ1) is 20.3. The third kappa shape index (κ3) is 9.76. The molecule has 0 fully saturated rings. The van der Waals surface area contributed by atoms with Gasteiger partial charge in [0.2, 0.25) is 0 Å². The molecule has 0 aliphatic rings. The summed E-state index contributed by atoms with van der Waals surface area (Å²) in [5, 5.41) is 0. The molecule has 0 aliphatic heterocycles. The van der Waals surface area contributed by atoms with Crippen LogP contribution in [0.25, 0.3) is 0 Å². The Hall–Kier alpha value is -3.59. The Balaban J connectivity index is 1.49. The monoisotopic (exact) mass is 592 g/mol. The standard InChI is InChI=1S/C32H37N2O7P/c1-25-20-34(32(36)33-31(25)35)24-39-30(26(2)38-21-27-12-6-3-7-13-27)18-19-42(37,40-22-28-14-8-4-9-15-28)41-23-29-16-10-5-11-17-29/h3-17,20,26,30H,18-19,21-24H2,1-2H3,(H,33,35,36)/t26-,30+/m0/s1. The molecule has 1 N–H and O–H groups in total. The van der Waals surface area contributed by atoms with Crippen LogP contribution in [0.1, 0.15) is 35.6 Å². The van der Waals surface area contributed by atoms with Gasteiger partial charge in [-0.1, -0.05) is 91.0 Å². The lowest BCUT2D eigenvalue weighted by molar-refractivity contribution is -0.0933. The Morgan fingerprint density at radius 1 is 0.762 bits per heavy atom. The van der Waals surface area contributed by atoms with E-state index >= 15 is 0 Å². The van der Waals surface area contributed by atoms with Crippen LogP contribution in [0.5, 0.6) is 0 Å². The van der Waals surface area contributed by atoms with E-state index in [1.54, 1.807) is 6.92 Å². The van der Waals surface area contributed by atoms with Crippen LogP contribution in [0.3, 0.4) is 0 Å². The first kappa shape index (κ1) is 31.3. The molecule has 222 valence electrons. The Kier molecular flexibility index (Phi) is 11.6. The van der Waals surface area contributed by atoms with E-state index < -0.39 is 31.1 Å². The molecule has 2 atom stereocenters. The summed E-state index contributed by atoms with van der Waals surface area (Å²) in [5.74, 6) is 0. The average Bonchev–Trinajstić information content (AvgIpc) is 3.02. The molecule has 0 spiro atoms. The molecule has 0 saturated carbocycles. The van der Waals surface area contributed by atoms with Crippen molar-refractivity contribution in [3.63, 3.8) is 0 Å². The number of aromatic nitrogens is 2. The number of nitrogens with zero attached hydrogens (tertiary/aromatic N) is 1. The molecule has 4 rings (SSSR count). The average molecular weight is 593 g/mol. The van der Waals surface area contributed by atoms with E-state index in [9.17, 15) is 14.2 Å². The van der Waals surface area contributed by atoms with Gasteiger partial charge >= 0.3 is 13.3 Å². The fourth-order valence-electron chi connectivity index (χ4n) is 4.20. The summed E-state index contributed by atoms with van der Waals surface area (Å²) in [4.78, 5) is 26.4. The zero-order valence-electron chi connectivity index (χ0n) is 23.9. The highest BCUT2D eigenvalue weighted by Gasteiger charge is 2.29. The first-order valence-electron chi connectivity index (χ1n) is 13.8. The minimum Gasteiger partial charge on any atom is -0.371 e. The van der Waals surface area contributed by atoms with Crippen LogP contribution in [0.2, 0.25) is 0 Å². The Bertz CT molecular complexity index is 1490. The number of hydrogen-bond donors (Lipinski definition) is 1. The minimum absolute atomic E-state index is 0.0654. The summed E-state index contributed by atoms with van der Waals surface area (Å²) >= 11 is 0. The summed E-state index contributed by atoms with van der Waals surface area (Å²) in [7, 11) is -3.59. The molecule has 4 aromatic rings. The van der Waals surface area contributed by atoms with Crippen molar-refractivity contribution >= 4 is 7.60 Å². The molecular weight excluding hydrogens is 555 g/mol. The van der Waals surface area contributed by atoms with Gasteiger partial charge in [0.15, 0.2) is 0 Å². The number of benzene rings is 3. The molecular formula is C32H37N2O7P. The number of aromatic amines is 1. The molecule has 0 amide bonds. The quantitative estimate of drug-likeness (QED) is 0.164. The number of aryl methyl sites for hydroxylation is 1. The molecule has 42 heavy (non-hydrogen) atoms. The second-order valence-electron chi connectivity index (χ2n) is 10.0. The zero-order valence-corrected chi connectivity index (χ0v) is 24.8. The van der Waals surface area contributed by atoms with Crippen molar-refractivity contribution in [3.8, 4) is 0 Å². The van der Waals surface area contributed by atoms with Gasteiger partial charge in [-0.3, -0.25) is 18.9 Å². The Morgan fingerprint density at radius 2 is 1.26 bits per heavy atom. The van der Waals surface area contributed by atoms with E-state index in [4.69, 9.17) is 18.5 Å². The molecule has 10 heteroatoms. The zero-order chi connectivity index (χ0) is 29.8. The van der Waals surface area contributed by atoms with Crippen LogP contribution < -0.4 is 11.2 Å². The summed E-state index contributed by atoms with van der Waals surface area (Å²) in [5.41, 5.74) is 2.11. The van der Waals surface area contributed by atoms with E-state index in [0.29, 0.717) is 12.2 Å². The normalized spacial score (nSPS) is 13.1. The van der Waals surface area contributed by atoms with Crippen LogP contribution in [0, 0.1) is 6.92 Å². The smallest absolute Gasteiger partial charge is 0.331 e. The minimum atomic E-state index is -3.59. The molecule has 9 nitrogen and oxygen atoms in total. The summed E-state index contributed by atoms with van der Waals surface area (Å²) in [6.45, 7) is 3.97. The number of ether oxygens (including phenoxy) is 2. The van der Waals surface area contributed by atoms with E-state index in [-0.39, 0.29) is 32.5 Å². The molecule has 0 aliphatic carbocycles. The van der Waals surface area contributed by atoms with Crippen molar-refractivity contribution in [2.75, 3.05) is 6.16 Å². The number of nitrogens with one attached hydrogen (secondary N) is 1. The predicted octanol–water partition coefficient (Wildman–Crippen LogP) is 5.81. The second kappa shape index (κ2) is 15.6. The summed E-state index contributed by atoms with van der Waals surface area (Å²) in [6, 6.07) is 28.7. The highest BCUT2D eigenvalue weighted by molar-refractivity contribution is 7.53. The predicted molar refractivity (Wildman–Crippen MR) is 161 cm³/mol. The van der Waals surface area contributed by atoms with E-state index in [1.165, 1.54) is 10.8 Å². The van der Waals surface area contributed by atoms with Crippen LogP contribution >= 0.6 is 7.60 Å². The van der Waals surface area contributed by atoms with Gasteiger partial charge in [-0.15, -0.1) is 0 Å². The highest BCUT2D eigenvalue weighted by atomic mass is 31.2. The van der Waals surface area contributed by atoms with Gasteiger partial charge in [-0.2, -0.15) is 0 Å². The molecule has 0 saturated heterocycles. The van der Waals surface area contributed by atoms with Crippen LogP contribution in [0.15, 0.2) is 107 Å². The lowest BCUT2D eigenvalue weighted by Crippen LogP contribution is -2.35. The molecule has 1 heterocycles. The maximum absolute atomic E-state index is 14.0. The lowest BCUT2D eigenvalue weighted by Gasteiger charge is -2.27. The second-order valence-corrected chi connectivity index (χ2v) is 12.2. The van der Waals surface area contributed by atoms with Crippen molar-refractivity contribution in [1.82, 2.24) is 9.55 Å². The Morgan fingerprint density at radius 3 is 1.79 bits per heavy atom. The molecule has 1 aromatic heterocycles. The largest absolute Gasteiger partial charge is 0.371 e. The maximum Gasteiger partial charge on any atom is 0.331 e. The molecule has 0 bridgehead atoms. The van der Waals surface area contributed by atoms with E-state index in [2.05, 4.69) is 4.98 Å². The van der Waals surface area contributed by atoms with Crippen molar-refractivity contribution in [2.45, 2.75) is 59.0 Å². The van der Waals surface area contributed by atoms with E-state index in [1.807, 2.05) is 97.9 Å². The number of rotatable bonds is 16. The molecule has 0 radical (unpaired) electrons. The first-order valence-corrected chi connectivity index (χ1v) is 15.6. The number of H-pyrrole nitrogens is 1. The third-order valence-corrected chi connectivity index (χ3v) is 8.58. The van der Waals surface area contributed by atoms with Crippen molar-refractivity contribution in [2.24, 2.45) is 0 Å². The maximum atomic E-state index is 14.0. The fourth-order valence-corrected chi connectivity index (χ4v) is 5.79. The third-order valence-electron chi connectivity index (χ3n) is 6.72. The molecule has 0 unspecified atom stereocenters. The van der Waals surface area contributed by atoms with E-state index in [0.717, 1.165) is 16.7 Å². The van der Waals surface area contributed by atoms with Crippen LogP contribution in [0.4, 0.5) is 0 Å². The van der Waals surface area contributed by atoms with Gasteiger partial charge in [-0.05, 0) is 37.0 Å². The van der Waals surface area contributed by atoms with Gasteiger partial charge in [0.1, 0.15) is 6.73 Å². The van der Waals surface area contributed by atoms with Gasteiger partial charge in [0.05, 0.1) is 38.2 Å². The van der Waals surface area contributed by atoms with Crippen molar-refractivity contribution in [1.29, 1.82) is 0 Å². The topological polar surface area (TPSA) is 109 Å². The van der Waals surface area contributed by atoms with Crippen molar-refractivity contribution in [3.05, 3.63) is 140 Å². The SMILES string of the molecule is Cc1cn(CO[C@H](CCP(=O)(OCc2ccccc2)OCc2ccccc2)[C@H](C)OCc2ccccc2)c(=O)[nH]c1=O. The summed E-state index contributed by atoms with van der Waals surface area (Å²) < 4.78 is 39.5. The Labute approximate surface area is 245 Å². The van der Waals surface area contributed by atoms with Gasteiger partial charge in [-0.25, -0.2) is 4.79 Å². The lowest BCUT2D eigenvalue weighted by atomic mass is 10.1. The van der Waals surface area contributed by atoms with Crippen LogP contribution in [-0.2, 0) is 49.6 Å². The van der Waals surface area contributed by atoms with Gasteiger partial charge in [0, 0.05) is 11.8 Å². The fraction of sp³-hybridized carbons (Fsp3) is 0.312. The van der Waals surface area contributed by atoms with Crippen LogP contribution in [-0.4, -0.2) is 27.9 Å². The van der Waals surface area contributed by atoms with Crippen molar-refractivity contribution < 1.29 is 23.1 Å². The highest BCUT2D eigenvalue weighted by Crippen LogP contribution is 2.50. The molecule has 3 aromatic carbocycles. The van der Waals surface area contributed by atoms with Gasteiger partial charge < -0.3 is 18.5 Å².